The number of aromatic nitrogens is 2. The monoisotopic (exact) mass is 628 g/mol. The van der Waals surface area contributed by atoms with Crippen LogP contribution in [0.4, 0.5) is 0 Å². The first-order chi connectivity index (χ1) is 18.7. The van der Waals surface area contributed by atoms with E-state index in [2.05, 4.69) is 142 Å². The fourth-order valence-electron chi connectivity index (χ4n) is 6.58. The van der Waals surface area contributed by atoms with Crippen molar-refractivity contribution in [2.75, 3.05) is 26.2 Å². The minimum atomic E-state index is -0.338. The lowest BCUT2D eigenvalue weighted by molar-refractivity contribution is 0.0108. The van der Waals surface area contributed by atoms with E-state index in [1.807, 2.05) is 0 Å². The highest BCUT2D eigenvalue weighted by Crippen LogP contribution is 2.51. The van der Waals surface area contributed by atoms with Crippen molar-refractivity contribution < 1.29 is 0 Å². The summed E-state index contributed by atoms with van der Waals surface area (Å²) in [6.07, 6.45) is 0. The number of nitrogens with one attached hydrogen (secondary N) is 2. The zero-order valence-electron chi connectivity index (χ0n) is 25.7. The van der Waals surface area contributed by atoms with E-state index in [0.29, 0.717) is 5.92 Å². The fourth-order valence-corrected chi connectivity index (χ4v) is 6.58. The van der Waals surface area contributed by atoms with E-state index in [0.717, 1.165) is 49.0 Å². The summed E-state index contributed by atoms with van der Waals surface area (Å²) in [5.74, 6) is 1.37. The molecule has 1 fully saturated rings. The Morgan fingerprint density at radius 3 is 1.69 bits per heavy atom. The molecule has 0 bridgehead atoms. The predicted molar refractivity (Wildman–Crippen MR) is 185 cm³/mol. The average molecular weight is 630 g/mol. The van der Waals surface area contributed by atoms with E-state index < -0.39 is 0 Å². The molecule has 7 heteroatoms. The maximum Gasteiger partial charge on any atom is 0.137 e. The Balaban J connectivity index is 0.00000205. The van der Waals surface area contributed by atoms with Crippen molar-refractivity contribution in [2.45, 2.75) is 58.4 Å². The highest BCUT2D eigenvalue weighted by molar-refractivity contribution is 5.86. The number of halogens is 3. The Morgan fingerprint density at radius 1 is 0.738 bits per heavy atom. The van der Waals surface area contributed by atoms with Crippen LogP contribution in [0.5, 0.6) is 0 Å². The summed E-state index contributed by atoms with van der Waals surface area (Å²) < 4.78 is 0. The van der Waals surface area contributed by atoms with Crippen LogP contribution in [0.3, 0.4) is 0 Å². The van der Waals surface area contributed by atoms with Gasteiger partial charge >= 0.3 is 0 Å². The largest absolute Gasteiger partial charge is 0.342 e. The molecule has 0 radical (unpaired) electrons. The number of benzene rings is 3. The van der Waals surface area contributed by atoms with Crippen LogP contribution in [0.15, 0.2) is 84.9 Å². The Labute approximate surface area is 271 Å². The molecule has 42 heavy (non-hydrogen) atoms. The summed E-state index contributed by atoms with van der Waals surface area (Å²) in [4.78, 5) is 11.9. The summed E-state index contributed by atoms with van der Waals surface area (Å²) in [7, 11) is 0. The first kappa shape index (κ1) is 35.9. The molecule has 1 aliphatic rings. The van der Waals surface area contributed by atoms with Gasteiger partial charge in [-0.2, -0.15) is 0 Å². The van der Waals surface area contributed by atoms with Crippen LogP contribution in [0.25, 0.3) is 11.4 Å². The summed E-state index contributed by atoms with van der Waals surface area (Å²) in [5.41, 5.74) is 7.21. The second kappa shape index (κ2) is 14.9. The third kappa shape index (κ3) is 6.90. The van der Waals surface area contributed by atoms with Gasteiger partial charge < -0.3 is 10.3 Å². The summed E-state index contributed by atoms with van der Waals surface area (Å²) in [6, 6.07) is 31.0. The SMILES string of the molecule is Cc1[nH]c(-c2ccc(C(C)(C)C)cc2)nc1C(C(C)C)(C(c1ccccc1)c1ccccc1)N1CCNCC1.Cl.Cl.Cl. The first-order valence-corrected chi connectivity index (χ1v) is 14.5. The molecule has 4 nitrogen and oxygen atoms in total. The van der Waals surface area contributed by atoms with E-state index >= 15 is 0 Å². The van der Waals surface area contributed by atoms with Crippen molar-refractivity contribution in [3.05, 3.63) is 113 Å². The maximum atomic E-state index is 5.50. The Morgan fingerprint density at radius 2 is 1.24 bits per heavy atom. The van der Waals surface area contributed by atoms with Crippen LogP contribution in [0.2, 0.25) is 0 Å². The smallest absolute Gasteiger partial charge is 0.137 e. The molecule has 0 aliphatic carbocycles. The van der Waals surface area contributed by atoms with Crippen LogP contribution in [0.1, 0.15) is 68.6 Å². The number of hydrogen-bond donors (Lipinski definition) is 2. The molecule has 4 aromatic rings. The van der Waals surface area contributed by atoms with Gasteiger partial charge in [0.1, 0.15) is 5.82 Å². The summed E-state index contributed by atoms with van der Waals surface area (Å²) >= 11 is 0. The molecule has 1 aromatic heterocycles. The highest BCUT2D eigenvalue weighted by atomic mass is 35.5. The topological polar surface area (TPSA) is 44.0 Å². The number of H-pyrrole nitrogens is 1. The normalized spacial score (nSPS) is 15.3. The highest BCUT2D eigenvalue weighted by Gasteiger charge is 2.51. The van der Waals surface area contributed by atoms with Crippen molar-refractivity contribution >= 4 is 37.2 Å². The number of hydrogen-bond acceptors (Lipinski definition) is 3. The Hall–Kier alpha value is -2.34. The molecule has 1 atom stereocenters. The standard InChI is InChI=1S/C35H44N4.3ClH/c1-25(2)35(39-23-21-36-22-24-39,31(27-13-9-7-10-14-27)28-15-11-8-12-16-28)32-26(3)37-33(38-32)29-17-19-30(20-18-29)34(4,5)6;;;/h7-20,25,31,36H,21-24H2,1-6H3,(H,37,38);3*1H. The minimum absolute atomic E-state index is 0. The second-order valence-electron chi connectivity index (χ2n) is 12.4. The number of aromatic amines is 1. The van der Waals surface area contributed by atoms with Crippen molar-refractivity contribution in [1.29, 1.82) is 0 Å². The lowest BCUT2D eigenvalue weighted by Crippen LogP contribution is -2.60. The van der Waals surface area contributed by atoms with Gasteiger partial charge in [-0.15, -0.1) is 37.2 Å². The van der Waals surface area contributed by atoms with Gasteiger partial charge in [-0.05, 0) is 34.9 Å². The summed E-state index contributed by atoms with van der Waals surface area (Å²) in [6.45, 7) is 17.7. The average Bonchev–Trinajstić information content (AvgIpc) is 3.34. The van der Waals surface area contributed by atoms with Crippen molar-refractivity contribution in [1.82, 2.24) is 20.2 Å². The third-order valence-electron chi connectivity index (χ3n) is 8.51. The molecule has 0 amide bonds. The zero-order valence-corrected chi connectivity index (χ0v) is 28.1. The zero-order chi connectivity index (χ0) is 27.6. The van der Waals surface area contributed by atoms with E-state index in [1.165, 1.54) is 16.7 Å². The molecular weight excluding hydrogens is 583 g/mol. The number of aryl methyl sites for hydroxylation is 1. The lowest BCUT2D eigenvalue weighted by Gasteiger charge is -2.53. The van der Waals surface area contributed by atoms with Crippen LogP contribution in [-0.4, -0.2) is 41.0 Å². The van der Waals surface area contributed by atoms with E-state index in [4.69, 9.17) is 4.98 Å². The number of nitrogens with zero attached hydrogens (tertiary/aromatic N) is 2. The van der Waals surface area contributed by atoms with Gasteiger partial charge in [-0.25, -0.2) is 4.98 Å². The molecule has 0 saturated carbocycles. The molecule has 2 heterocycles. The Bertz CT molecular complexity index is 1320. The predicted octanol–water partition coefficient (Wildman–Crippen LogP) is 8.54. The molecule has 1 unspecified atom stereocenters. The van der Waals surface area contributed by atoms with Crippen LogP contribution >= 0.6 is 37.2 Å². The molecule has 228 valence electrons. The van der Waals surface area contributed by atoms with Crippen molar-refractivity contribution in [3.63, 3.8) is 0 Å². The number of piperazine rings is 1. The van der Waals surface area contributed by atoms with Gasteiger partial charge in [0.2, 0.25) is 0 Å². The van der Waals surface area contributed by atoms with Gasteiger partial charge in [0.15, 0.2) is 0 Å². The maximum absolute atomic E-state index is 5.50. The van der Waals surface area contributed by atoms with E-state index in [9.17, 15) is 0 Å². The van der Waals surface area contributed by atoms with E-state index in [-0.39, 0.29) is 54.1 Å². The van der Waals surface area contributed by atoms with Crippen molar-refractivity contribution in [3.8, 4) is 11.4 Å². The van der Waals surface area contributed by atoms with Crippen molar-refractivity contribution in [2.24, 2.45) is 5.92 Å². The third-order valence-corrected chi connectivity index (χ3v) is 8.51. The fraction of sp³-hybridized carbons (Fsp3) is 0.400. The van der Waals surface area contributed by atoms with Gasteiger partial charge in [-0.1, -0.05) is 120 Å². The van der Waals surface area contributed by atoms with Gasteiger partial charge in [0, 0.05) is 43.4 Å². The summed E-state index contributed by atoms with van der Waals surface area (Å²) in [5, 5.41) is 3.59. The van der Waals surface area contributed by atoms with Gasteiger partial charge in [0.25, 0.3) is 0 Å². The van der Waals surface area contributed by atoms with Crippen LogP contribution < -0.4 is 5.32 Å². The quantitative estimate of drug-likeness (QED) is 0.215. The minimum Gasteiger partial charge on any atom is -0.342 e. The molecule has 2 N–H and O–H groups in total. The number of imidazole rings is 1. The molecule has 3 aromatic carbocycles. The van der Waals surface area contributed by atoms with Crippen LogP contribution in [0, 0.1) is 12.8 Å². The van der Waals surface area contributed by atoms with E-state index in [1.54, 1.807) is 0 Å². The first-order valence-electron chi connectivity index (χ1n) is 14.5. The molecule has 0 spiro atoms. The molecule has 5 rings (SSSR count). The number of rotatable bonds is 7. The lowest BCUT2D eigenvalue weighted by atomic mass is 9.65. The van der Waals surface area contributed by atoms with Gasteiger partial charge in [0.05, 0.1) is 11.2 Å². The molecular formula is C35H47Cl3N4. The van der Waals surface area contributed by atoms with Crippen LogP contribution in [-0.2, 0) is 11.0 Å². The Kier molecular flexibility index (Phi) is 12.7. The molecule has 1 aliphatic heterocycles. The molecule has 1 saturated heterocycles. The van der Waals surface area contributed by atoms with Gasteiger partial charge in [-0.3, -0.25) is 4.90 Å². The second-order valence-corrected chi connectivity index (χ2v) is 12.4.